The Morgan fingerprint density at radius 3 is 1.29 bits per heavy atom. The molecule has 0 aliphatic rings. The Kier molecular flexibility index (Phi) is 15.1. The normalized spacial score (nSPS) is 13.8. The smallest absolute Gasteiger partial charge is 0.252 e. The molecule has 10 heteroatoms. The molecule has 0 fully saturated rings. The Bertz CT molecular complexity index is 997. The lowest BCUT2D eigenvalue weighted by molar-refractivity contribution is -0.124. The molecule has 0 aliphatic heterocycles. The van der Waals surface area contributed by atoms with E-state index >= 15 is 0 Å². The van der Waals surface area contributed by atoms with Crippen LogP contribution >= 0.6 is 0 Å². The predicted octanol–water partition coefficient (Wildman–Crippen LogP) is 3.65. The van der Waals surface area contributed by atoms with Gasteiger partial charge >= 0.3 is 0 Å². The SMILES string of the molecule is CCC(C)[C@H](NC(=O)c1ccncc1)C(=O)NCCCCCCCNC(=O)[C@@H](NC(=O)c1ccncc1)C(C)CC. The van der Waals surface area contributed by atoms with Gasteiger partial charge in [0.2, 0.25) is 11.8 Å². The second-order valence-corrected chi connectivity index (χ2v) is 10.5. The van der Waals surface area contributed by atoms with Crippen molar-refractivity contribution in [3.63, 3.8) is 0 Å². The summed E-state index contributed by atoms with van der Waals surface area (Å²) in [5, 5.41) is 11.7. The molecule has 0 bridgehead atoms. The van der Waals surface area contributed by atoms with Crippen LogP contribution in [-0.2, 0) is 9.59 Å². The highest BCUT2D eigenvalue weighted by Crippen LogP contribution is 2.11. The van der Waals surface area contributed by atoms with Crippen molar-refractivity contribution in [1.29, 1.82) is 0 Å². The van der Waals surface area contributed by atoms with E-state index in [1.54, 1.807) is 49.1 Å². The molecule has 0 saturated heterocycles. The van der Waals surface area contributed by atoms with Crippen molar-refractivity contribution in [1.82, 2.24) is 31.2 Å². The van der Waals surface area contributed by atoms with Gasteiger partial charge < -0.3 is 21.3 Å². The van der Waals surface area contributed by atoms with E-state index in [1.807, 2.05) is 27.7 Å². The van der Waals surface area contributed by atoms with E-state index in [9.17, 15) is 19.2 Å². The number of nitrogens with one attached hydrogen (secondary N) is 4. The fraction of sp³-hybridized carbons (Fsp3) is 0.548. The summed E-state index contributed by atoms with van der Waals surface area (Å²) >= 11 is 0. The van der Waals surface area contributed by atoms with E-state index in [1.165, 1.54) is 0 Å². The molecule has 2 unspecified atom stereocenters. The molecular formula is C31H46N6O4. The minimum atomic E-state index is -0.599. The molecule has 2 aromatic heterocycles. The van der Waals surface area contributed by atoms with Gasteiger partial charge in [0.15, 0.2) is 0 Å². The fourth-order valence-electron chi connectivity index (χ4n) is 4.28. The lowest BCUT2D eigenvalue weighted by Crippen LogP contribution is -2.50. The fourth-order valence-corrected chi connectivity index (χ4v) is 4.28. The van der Waals surface area contributed by atoms with Crippen LogP contribution in [0.4, 0.5) is 0 Å². The van der Waals surface area contributed by atoms with Crippen LogP contribution in [0.25, 0.3) is 0 Å². The minimum absolute atomic E-state index is 0.000122. The molecule has 4 atom stereocenters. The summed E-state index contributed by atoms with van der Waals surface area (Å²) in [6, 6.07) is 5.30. The molecule has 0 aromatic carbocycles. The lowest BCUT2D eigenvalue weighted by atomic mass is 9.97. The number of carbonyl (C=O) groups excluding carboxylic acids is 4. The third kappa shape index (κ3) is 11.7. The summed E-state index contributed by atoms with van der Waals surface area (Å²) in [6.45, 7) is 8.99. The Labute approximate surface area is 243 Å². The summed E-state index contributed by atoms with van der Waals surface area (Å²) in [7, 11) is 0. The monoisotopic (exact) mass is 566 g/mol. The molecule has 2 aromatic rings. The van der Waals surface area contributed by atoms with Crippen LogP contribution in [0.5, 0.6) is 0 Å². The molecule has 4 amide bonds. The molecule has 0 aliphatic carbocycles. The maximum absolute atomic E-state index is 12.8. The largest absolute Gasteiger partial charge is 0.354 e. The molecule has 2 rings (SSSR count). The number of amides is 4. The Morgan fingerprint density at radius 2 is 0.951 bits per heavy atom. The quantitative estimate of drug-likeness (QED) is 0.203. The number of unbranched alkanes of at least 4 members (excludes halogenated alkanes) is 4. The topological polar surface area (TPSA) is 142 Å². The maximum Gasteiger partial charge on any atom is 0.252 e. The van der Waals surface area contributed by atoms with E-state index < -0.39 is 12.1 Å². The van der Waals surface area contributed by atoms with Crippen molar-refractivity contribution in [3.8, 4) is 0 Å². The number of carbonyl (C=O) groups is 4. The first-order chi connectivity index (χ1) is 19.8. The summed E-state index contributed by atoms with van der Waals surface area (Å²) in [5.41, 5.74) is 0.949. The number of aromatic nitrogens is 2. The van der Waals surface area contributed by atoms with Crippen LogP contribution in [0.3, 0.4) is 0 Å². The highest BCUT2D eigenvalue weighted by Gasteiger charge is 2.27. The van der Waals surface area contributed by atoms with Gasteiger partial charge in [-0.25, -0.2) is 0 Å². The predicted molar refractivity (Wildman–Crippen MR) is 159 cm³/mol. The zero-order chi connectivity index (χ0) is 30.0. The van der Waals surface area contributed by atoms with Crippen LogP contribution in [-0.4, -0.2) is 58.8 Å². The van der Waals surface area contributed by atoms with Gasteiger partial charge in [-0.15, -0.1) is 0 Å². The van der Waals surface area contributed by atoms with Crippen LogP contribution in [0, 0.1) is 11.8 Å². The van der Waals surface area contributed by atoms with Crippen molar-refractivity contribution in [2.75, 3.05) is 13.1 Å². The number of hydrogen-bond acceptors (Lipinski definition) is 6. The van der Waals surface area contributed by atoms with Gasteiger partial charge in [0.25, 0.3) is 11.8 Å². The van der Waals surface area contributed by atoms with Crippen LogP contribution in [0.15, 0.2) is 49.1 Å². The van der Waals surface area contributed by atoms with Gasteiger partial charge in [-0.2, -0.15) is 0 Å². The van der Waals surface area contributed by atoms with Gasteiger partial charge in [-0.05, 0) is 48.9 Å². The average Bonchev–Trinajstić information content (AvgIpc) is 3.01. The molecule has 0 spiro atoms. The molecule has 4 N–H and O–H groups in total. The summed E-state index contributed by atoms with van der Waals surface area (Å²) in [5.74, 6) is -0.912. The Balaban J connectivity index is 1.65. The summed E-state index contributed by atoms with van der Waals surface area (Å²) < 4.78 is 0. The minimum Gasteiger partial charge on any atom is -0.354 e. The van der Waals surface area contributed by atoms with Crippen molar-refractivity contribution < 1.29 is 19.2 Å². The van der Waals surface area contributed by atoms with Gasteiger partial charge in [0, 0.05) is 49.0 Å². The van der Waals surface area contributed by atoms with Gasteiger partial charge in [-0.3, -0.25) is 29.1 Å². The molecule has 0 saturated carbocycles. The molecule has 0 radical (unpaired) electrons. The molecule has 41 heavy (non-hydrogen) atoms. The number of pyridine rings is 2. The van der Waals surface area contributed by atoms with Crippen molar-refractivity contribution in [3.05, 3.63) is 60.2 Å². The zero-order valence-electron chi connectivity index (χ0n) is 24.8. The van der Waals surface area contributed by atoms with Crippen LogP contribution in [0.2, 0.25) is 0 Å². The maximum atomic E-state index is 12.8. The molecule has 2 heterocycles. The van der Waals surface area contributed by atoms with Crippen LogP contribution in [0.1, 0.15) is 93.4 Å². The zero-order valence-corrected chi connectivity index (χ0v) is 24.8. The first-order valence-electron chi connectivity index (χ1n) is 14.8. The molecule has 224 valence electrons. The Morgan fingerprint density at radius 1 is 0.610 bits per heavy atom. The van der Waals surface area contributed by atoms with E-state index in [2.05, 4.69) is 31.2 Å². The molecule has 10 nitrogen and oxygen atoms in total. The summed E-state index contributed by atoms with van der Waals surface area (Å²) in [6.07, 6.45) is 12.3. The highest BCUT2D eigenvalue weighted by molar-refractivity contribution is 5.98. The van der Waals surface area contributed by atoms with Crippen molar-refractivity contribution in [2.45, 2.75) is 84.7 Å². The second kappa shape index (κ2) is 18.5. The molecular weight excluding hydrogens is 520 g/mol. The van der Waals surface area contributed by atoms with Gasteiger partial charge in [-0.1, -0.05) is 59.8 Å². The van der Waals surface area contributed by atoms with Crippen molar-refractivity contribution >= 4 is 23.6 Å². The standard InChI is InChI=1S/C31H46N6O4/c1-5-22(3)26(36-28(38)24-12-18-32-19-13-24)30(40)34-16-10-8-7-9-11-17-35-31(41)27(23(4)6-2)37-29(39)25-14-20-33-21-15-25/h12-15,18-23,26-27H,5-11,16-17H2,1-4H3,(H,34,40)(H,35,41)(H,36,38)(H,37,39)/t22?,23?,26-,27-/m0/s1. The van der Waals surface area contributed by atoms with E-state index in [0.717, 1.165) is 44.9 Å². The number of nitrogens with zero attached hydrogens (tertiary/aromatic N) is 2. The van der Waals surface area contributed by atoms with E-state index in [0.29, 0.717) is 24.2 Å². The van der Waals surface area contributed by atoms with Crippen molar-refractivity contribution in [2.24, 2.45) is 11.8 Å². The lowest BCUT2D eigenvalue weighted by Gasteiger charge is -2.23. The number of rotatable bonds is 18. The van der Waals surface area contributed by atoms with E-state index in [-0.39, 0.29) is 35.5 Å². The third-order valence-electron chi connectivity index (χ3n) is 7.40. The summed E-state index contributed by atoms with van der Waals surface area (Å²) in [4.78, 5) is 58.6. The van der Waals surface area contributed by atoms with Gasteiger partial charge in [0.1, 0.15) is 12.1 Å². The third-order valence-corrected chi connectivity index (χ3v) is 7.40. The van der Waals surface area contributed by atoms with Crippen LogP contribution < -0.4 is 21.3 Å². The average molecular weight is 567 g/mol. The second-order valence-electron chi connectivity index (χ2n) is 10.5. The first-order valence-corrected chi connectivity index (χ1v) is 14.8. The first kappa shape index (κ1) is 33.4. The van der Waals surface area contributed by atoms with Gasteiger partial charge in [0.05, 0.1) is 0 Å². The highest BCUT2D eigenvalue weighted by atomic mass is 16.2. The number of hydrogen-bond donors (Lipinski definition) is 4. The Hall–Kier alpha value is -3.82. The van der Waals surface area contributed by atoms with E-state index in [4.69, 9.17) is 0 Å².